The monoisotopic (exact) mass is 229 g/mol. The average Bonchev–Trinajstić information content (AvgIpc) is 2.68. The Morgan fingerprint density at radius 1 is 1.50 bits per heavy atom. The van der Waals surface area contributed by atoms with Crippen molar-refractivity contribution in [3.63, 3.8) is 0 Å². The molecule has 0 aromatic rings. The predicted molar refractivity (Wildman–Crippen MR) is 61.9 cm³/mol. The molecule has 4 heteroatoms. The lowest BCUT2D eigenvalue weighted by atomic mass is 9.63. The molecule has 1 heterocycles. The lowest BCUT2D eigenvalue weighted by Gasteiger charge is -2.45. The number of rotatable bonds is 4. The molecule has 2 N–H and O–H groups in total. The van der Waals surface area contributed by atoms with Crippen LogP contribution < -0.4 is 5.73 Å². The summed E-state index contributed by atoms with van der Waals surface area (Å²) in [5, 5.41) is 0. The van der Waals surface area contributed by atoms with Gasteiger partial charge in [0.05, 0.1) is 20.1 Å². The summed E-state index contributed by atoms with van der Waals surface area (Å²) in [5.74, 6) is 0.125. The minimum atomic E-state index is -0.431. The molecule has 0 aromatic heterocycles. The number of carbonyl (C=O) groups excluding carboxylic acids is 1. The van der Waals surface area contributed by atoms with E-state index in [-0.39, 0.29) is 11.4 Å². The van der Waals surface area contributed by atoms with Crippen molar-refractivity contribution in [1.29, 1.82) is 0 Å². The summed E-state index contributed by atoms with van der Waals surface area (Å²) >= 11 is 0. The third-order valence-electron chi connectivity index (χ3n) is 4.04. The minimum Gasteiger partial charge on any atom is -0.469 e. The number of ether oxygens (including phenoxy) is 2. The Hall–Kier alpha value is -0.610. The van der Waals surface area contributed by atoms with Crippen molar-refractivity contribution >= 4 is 5.97 Å². The van der Waals surface area contributed by atoms with Crippen LogP contribution in [0.25, 0.3) is 0 Å². The number of esters is 1. The quantitative estimate of drug-likeness (QED) is 0.739. The highest BCUT2D eigenvalue weighted by molar-refractivity contribution is 5.70. The molecule has 0 aliphatic carbocycles. The lowest BCUT2D eigenvalue weighted by molar-refractivity contribution is -0.145. The molecular formula is C12H23NO3. The number of hydrogen-bond acceptors (Lipinski definition) is 4. The van der Waals surface area contributed by atoms with Gasteiger partial charge in [0.15, 0.2) is 0 Å². The summed E-state index contributed by atoms with van der Waals surface area (Å²) in [4.78, 5) is 11.5. The maximum Gasteiger partial charge on any atom is 0.306 e. The molecule has 1 saturated heterocycles. The number of methoxy groups -OCH3 is 1. The molecule has 0 radical (unpaired) electrons. The van der Waals surface area contributed by atoms with E-state index in [1.54, 1.807) is 0 Å². The molecule has 94 valence electrons. The predicted octanol–water partition coefficient (Wildman–Crippen LogP) is 1.33. The fourth-order valence-corrected chi connectivity index (χ4v) is 2.31. The van der Waals surface area contributed by atoms with Gasteiger partial charge in [-0.15, -0.1) is 0 Å². The molecule has 4 nitrogen and oxygen atoms in total. The number of nitrogens with two attached hydrogens (primary N) is 1. The third-order valence-corrected chi connectivity index (χ3v) is 4.04. The molecule has 0 aromatic carbocycles. The third kappa shape index (κ3) is 2.55. The highest BCUT2D eigenvalue weighted by atomic mass is 16.5. The molecule has 0 amide bonds. The van der Waals surface area contributed by atoms with Crippen molar-refractivity contribution in [3.05, 3.63) is 0 Å². The van der Waals surface area contributed by atoms with Gasteiger partial charge in [-0.05, 0) is 26.2 Å². The van der Waals surface area contributed by atoms with E-state index in [4.69, 9.17) is 15.2 Å². The van der Waals surface area contributed by atoms with Crippen LogP contribution in [0, 0.1) is 11.3 Å². The Morgan fingerprint density at radius 3 is 2.50 bits per heavy atom. The van der Waals surface area contributed by atoms with Crippen LogP contribution in [0.2, 0.25) is 0 Å². The molecule has 0 bridgehead atoms. The van der Waals surface area contributed by atoms with Gasteiger partial charge in [-0.25, -0.2) is 0 Å². The van der Waals surface area contributed by atoms with E-state index < -0.39 is 5.54 Å². The number of carbonyl (C=O) groups is 1. The zero-order valence-corrected chi connectivity index (χ0v) is 10.7. The standard InChI is InChI=1S/C12H23NO3/c1-11(2,13)12(3,7-10(14)15-4)9-5-6-16-8-9/h9H,5-8,13H2,1-4H3. The van der Waals surface area contributed by atoms with Gasteiger partial charge >= 0.3 is 5.97 Å². The molecule has 0 saturated carbocycles. The van der Waals surface area contributed by atoms with Crippen molar-refractivity contribution < 1.29 is 14.3 Å². The van der Waals surface area contributed by atoms with Crippen LogP contribution in [-0.4, -0.2) is 31.8 Å². The van der Waals surface area contributed by atoms with Gasteiger partial charge in [-0.1, -0.05) is 6.92 Å². The maximum absolute atomic E-state index is 11.5. The zero-order chi connectivity index (χ0) is 12.4. The first-order valence-corrected chi connectivity index (χ1v) is 5.74. The first kappa shape index (κ1) is 13.5. The van der Waals surface area contributed by atoms with Crippen LogP contribution in [0.5, 0.6) is 0 Å². The van der Waals surface area contributed by atoms with E-state index in [1.807, 2.05) is 13.8 Å². The molecule has 16 heavy (non-hydrogen) atoms. The highest BCUT2D eigenvalue weighted by Crippen LogP contribution is 2.44. The first-order valence-electron chi connectivity index (χ1n) is 5.74. The molecule has 0 spiro atoms. The first-order chi connectivity index (χ1) is 7.31. The maximum atomic E-state index is 11.5. The summed E-state index contributed by atoms with van der Waals surface area (Å²) in [6.07, 6.45) is 1.31. The second-order valence-corrected chi connectivity index (χ2v) is 5.45. The van der Waals surface area contributed by atoms with Crippen LogP contribution in [0.3, 0.4) is 0 Å². The topological polar surface area (TPSA) is 61.5 Å². The molecule has 1 aliphatic rings. The van der Waals surface area contributed by atoms with Gasteiger partial charge in [0.1, 0.15) is 0 Å². The van der Waals surface area contributed by atoms with Gasteiger partial charge in [-0.3, -0.25) is 4.79 Å². The van der Waals surface area contributed by atoms with Crippen molar-refractivity contribution in [1.82, 2.24) is 0 Å². The Balaban J connectivity index is 2.87. The van der Waals surface area contributed by atoms with Crippen molar-refractivity contribution in [2.24, 2.45) is 17.1 Å². The van der Waals surface area contributed by atoms with E-state index in [9.17, 15) is 4.79 Å². The minimum absolute atomic E-state index is 0.201. The van der Waals surface area contributed by atoms with E-state index in [2.05, 4.69) is 6.92 Å². The Labute approximate surface area is 97.5 Å². The summed E-state index contributed by atoms with van der Waals surface area (Å²) in [6, 6.07) is 0. The Kier molecular flexibility index (Phi) is 3.97. The summed E-state index contributed by atoms with van der Waals surface area (Å²) in [5.41, 5.74) is 5.52. The van der Waals surface area contributed by atoms with Crippen LogP contribution >= 0.6 is 0 Å². The van der Waals surface area contributed by atoms with Gasteiger partial charge in [0.25, 0.3) is 0 Å². The van der Waals surface area contributed by atoms with Gasteiger partial charge in [0, 0.05) is 17.6 Å². The van der Waals surface area contributed by atoms with Crippen molar-refractivity contribution in [2.75, 3.05) is 20.3 Å². The highest BCUT2D eigenvalue weighted by Gasteiger charge is 2.47. The van der Waals surface area contributed by atoms with Crippen LogP contribution in [0.1, 0.15) is 33.6 Å². The second-order valence-electron chi connectivity index (χ2n) is 5.45. The van der Waals surface area contributed by atoms with E-state index in [0.29, 0.717) is 18.9 Å². The van der Waals surface area contributed by atoms with E-state index >= 15 is 0 Å². The summed E-state index contributed by atoms with van der Waals surface area (Å²) < 4.78 is 10.2. The van der Waals surface area contributed by atoms with E-state index in [0.717, 1.165) is 13.0 Å². The second kappa shape index (κ2) is 4.72. The van der Waals surface area contributed by atoms with Gasteiger partial charge in [-0.2, -0.15) is 0 Å². The van der Waals surface area contributed by atoms with Crippen LogP contribution in [0.4, 0.5) is 0 Å². The Bertz CT molecular complexity index is 253. The molecule has 1 aliphatic heterocycles. The SMILES string of the molecule is COC(=O)CC(C)(C1CCOC1)C(C)(C)N. The average molecular weight is 229 g/mol. The Morgan fingerprint density at radius 2 is 2.12 bits per heavy atom. The molecule has 2 atom stereocenters. The van der Waals surface area contributed by atoms with E-state index in [1.165, 1.54) is 7.11 Å². The summed E-state index contributed by atoms with van der Waals surface area (Å²) in [6.45, 7) is 7.44. The van der Waals surface area contributed by atoms with Crippen molar-refractivity contribution in [2.45, 2.75) is 39.2 Å². The van der Waals surface area contributed by atoms with Crippen LogP contribution in [0.15, 0.2) is 0 Å². The van der Waals surface area contributed by atoms with Gasteiger partial charge in [0.2, 0.25) is 0 Å². The number of hydrogen-bond donors (Lipinski definition) is 1. The largest absolute Gasteiger partial charge is 0.469 e. The lowest BCUT2D eigenvalue weighted by Crippen LogP contribution is -2.54. The normalized spacial score (nSPS) is 25.2. The van der Waals surface area contributed by atoms with Crippen LogP contribution in [-0.2, 0) is 14.3 Å². The molecule has 1 rings (SSSR count). The zero-order valence-electron chi connectivity index (χ0n) is 10.7. The fourth-order valence-electron chi connectivity index (χ4n) is 2.31. The summed E-state index contributed by atoms with van der Waals surface area (Å²) in [7, 11) is 1.41. The smallest absolute Gasteiger partial charge is 0.306 e. The van der Waals surface area contributed by atoms with Gasteiger partial charge < -0.3 is 15.2 Å². The van der Waals surface area contributed by atoms with Crippen molar-refractivity contribution in [3.8, 4) is 0 Å². The molecular weight excluding hydrogens is 206 g/mol. The fraction of sp³-hybridized carbons (Fsp3) is 0.917. The molecule has 2 unspecified atom stereocenters. The molecule has 1 fully saturated rings.